The third-order valence-corrected chi connectivity index (χ3v) is 5.81. The van der Waals surface area contributed by atoms with Crippen LogP contribution in [0.5, 0.6) is 11.5 Å². The zero-order valence-corrected chi connectivity index (χ0v) is 21.5. The normalized spacial score (nSPS) is 22.3. The SMILES string of the molecule is C#CCONC(=O)O[C@@H]1[C@@H](O)[C@H](Oc2ccc3c(O)c(NC(=O)C(F)(F)F)c(=O)oc3c2C)OC(C)(C)[C@@H]1OC. The van der Waals surface area contributed by atoms with Crippen molar-refractivity contribution >= 4 is 28.7 Å². The van der Waals surface area contributed by atoms with Gasteiger partial charge in [-0.2, -0.15) is 18.7 Å². The van der Waals surface area contributed by atoms with Crippen LogP contribution in [0.3, 0.4) is 0 Å². The maximum absolute atomic E-state index is 12.6. The molecule has 0 unspecified atom stereocenters. The van der Waals surface area contributed by atoms with Crippen LogP contribution in [0.2, 0.25) is 0 Å². The fraction of sp³-hybridized carbons (Fsp3) is 0.458. The molecule has 3 rings (SSSR count). The van der Waals surface area contributed by atoms with E-state index in [2.05, 4.69) is 5.92 Å². The fourth-order valence-corrected chi connectivity index (χ4v) is 4.01. The van der Waals surface area contributed by atoms with Gasteiger partial charge >= 0.3 is 23.8 Å². The van der Waals surface area contributed by atoms with Gasteiger partial charge in [-0.1, -0.05) is 5.92 Å². The highest BCUT2D eigenvalue weighted by molar-refractivity contribution is 6.00. The summed E-state index contributed by atoms with van der Waals surface area (Å²) < 4.78 is 65.3. The smallest absolute Gasteiger partial charge is 0.471 e. The standard InChI is InChI=1S/C24H25F3N2O11/c1-6-9-36-29-22(34)39-17-15(31)20(40-23(3,4)18(17)35-5)37-12-8-7-11-14(30)13(28-21(33)24(25,26)27)19(32)38-16(11)10(12)2/h1,7-8,15,17-18,20,30-31H,9H2,2-5H3,(H,28,33)(H,29,34)/t15-,17-,18-,20-/m1/s1. The van der Waals surface area contributed by atoms with Crippen LogP contribution >= 0.6 is 0 Å². The molecule has 218 valence electrons. The number of aliphatic hydroxyl groups excluding tert-OH is 1. The molecule has 13 nitrogen and oxygen atoms in total. The maximum atomic E-state index is 12.6. The van der Waals surface area contributed by atoms with E-state index in [9.17, 15) is 37.8 Å². The zero-order valence-electron chi connectivity index (χ0n) is 21.5. The molecule has 0 aliphatic carbocycles. The topological polar surface area (TPSA) is 175 Å². The van der Waals surface area contributed by atoms with Gasteiger partial charge in [-0.3, -0.25) is 9.63 Å². The number of amides is 2. The minimum Gasteiger partial charge on any atom is -0.505 e. The quantitative estimate of drug-likeness (QED) is 0.164. The number of benzene rings is 1. The molecule has 4 atom stereocenters. The Morgan fingerprint density at radius 3 is 2.55 bits per heavy atom. The van der Waals surface area contributed by atoms with Gasteiger partial charge in [-0.25, -0.2) is 9.59 Å². The second-order valence-corrected chi connectivity index (χ2v) is 8.95. The van der Waals surface area contributed by atoms with Crippen molar-refractivity contribution in [2.24, 2.45) is 0 Å². The van der Waals surface area contributed by atoms with E-state index >= 15 is 0 Å². The zero-order chi connectivity index (χ0) is 30.0. The van der Waals surface area contributed by atoms with E-state index in [4.69, 9.17) is 34.6 Å². The van der Waals surface area contributed by atoms with Crippen LogP contribution in [-0.2, 0) is 23.8 Å². The van der Waals surface area contributed by atoms with Crippen molar-refractivity contribution in [2.45, 2.75) is 57.2 Å². The van der Waals surface area contributed by atoms with Crippen molar-refractivity contribution in [1.29, 1.82) is 0 Å². The number of aryl methyl sites for hydroxylation is 1. The van der Waals surface area contributed by atoms with Gasteiger partial charge in [0, 0.05) is 12.7 Å². The van der Waals surface area contributed by atoms with Gasteiger partial charge in [0.05, 0.1) is 11.0 Å². The van der Waals surface area contributed by atoms with Crippen molar-refractivity contribution < 1.29 is 61.2 Å². The Labute approximate surface area is 224 Å². The molecule has 2 heterocycles. The third kappa shape index (κ3) is 6.23. The van der Waals surface area contributed by atoms with Crippen LogP contribution in [0.1, 0.15) is 19.4 Å². The molecule has 2 aromatic rings. The number of rotatable bonds is 7. The summed E-state index contributed by atoms with van der Waals surface area (Å²) in [7, 11) is 1.31. The van der Waals surface area contributed by atoms with Gasteiger partial charge in [0.15, 0.2) is 23.6 Å². The summed E-state index contributed by atoms with van der Waals surface area (Å²) in [6.45, 7) is 4.29. The van der Waals surface area contributed by atoms with Crippen molar-refractivity contribution in [2.75, 3.05) is 19.0 Å². The lowest BCUT2D eigenvalue weighted by Crippen LogP contribution is -2.65. The summed E-state index contributed by atoms with van der Waals surface area (Å²) in [4.78, 5) is 40.4. The van der Waals surface area contributed by atoms with Crippen LogP contribution in [0.25, 0.3) is 11.0 Å². The second kappa shape index (κ2) is 11.6. The number of nitrogens with one attached hydrogen (secondary N) is 2. The number of ether oxygens (including phenoxy) is 4. The number of aliphatic hydroxyl groups is 1. The number of hydrogen-bond donors (Lipinski definition) is 4. The van der Waals surface area contributed by atoms with E-state index < -0.39 is 65.4 Å². The van der Waals surface area contributed by atoms with Crippen molar-refractivity contribution in [1.82, 2.24) is 5.48 Å². The van der Waals surface area contributed by atoms with E-state index in [1.807, 2.05) is 5.48 Å². The first-order chi connectivity index (χ1) is 18.6. The average molecular weight is 574 g/mol. The Balaban J connectivity index is 1.92. The number of anilines is 1. The molecular weight excluding hydrogens is 549 g/mol. The van der Waals surface area contributed by atoms with Crippen molar-refractivity contribution in [3.8, 4) is 23.8 Å². The Kier molecular flexibility index (Phi) is 8.84. The molecule has 1 aromatic heterocycles. The predicted octanol–water partition coefficient (Wildman–Crippen LogP) is 1.86. The highest BCUT2D eigenvalue weighted by Gasteiger charge is 2.53. The van der Waals surface area contributed by atoms with E-state index in [0.29, 0.717) is 0 Å². The van der Waals surface area contributed by atoms with Gasteiger partial charge in [-0.15, -0.1) is 6.42 Å². The van der Waals surface area contributed by atoms with Gasteiger partial charge in [0.25, 0.3) is 0 Å². The van der Waals surface area contributed by atoms with Crippen LogP contribution < -0.4 is 21.2 Å². The number of carbonyl (C=O) groups excluding carboxylic acids is 2. The van der Waals surface area contributed by atoms with Crippen LogP contribution in [0.4, 0.5) is 23.7 Å². The number of halogens is 3. The molecule has 0 saturated carbocycles. The molecule has 4 N–H and O–H groups in total. The van der Waals surface area contributed by atoms with Crippen LogP contribution in [-0.4, -0.2) is 72.3 Å². The van der Waals surface area contributed by atoms with Crippen LogP contribution in [0, 0.1) is 19.3 Å². The summed E-state index contributed by atoms with van der Waals surface area (Å²) in [6.07, 6.45) is -6.85. The van der Waals surface area contributed by atoms with E-state index in [1.165, 1.54) is 25.4 Å². The minimum atomic E-state index is -5.32. The number of alkyl halides is 3. The van der Waals surface area contributed by atoms with Crippen molar-refractivity contribution in [3.63, 3.8) is 0 Å². The summed E-state index contributed by atoms with van der Waals surface area (Å²) in [5.41, 5.74) is -2.05. The summed E-state index contributed by atoms with van der Waals surface area (Å²) >= 11 is 0. The molecule has 0 bridgehead atoms. The summed E-state index contributed by atoms with van der Waals surface area (Å²) in [5, 5.41) is 22.4. The first-order valence-corrected chi connectivity index (χ1v) is 11.4. The number of hydroxylamine groups is 1. The number of methoxy groups -OCH3 is 1. The number of terminal acetylenes is 1. The number of hydrogen-bond acceptors (Lipinski definition) is 11. The van der Waals surface area contributed by atoms with Crippen LogP contribution in [0.15, 0.2) is 21.3 Å². The Morgan fingerprint density at radius 1 is 1.27 bits per heavy atom. The number of carbonyl (C=O) groups is 2. The van der Waals surface area contributed by atoms with Gasteiger partial charge < -0.3 is 38.9 Å². The molecule has 1 saturated heterocycles. The Hall–Kier alpha value is -4.04. The largest absolute Gasteiger partial charge is 0.505 e. The fourth-order valence-electron chi connectivity index (χ4n) is 4.01. The lowest BCUT2D eigenvalue weighted by molar-refractivity contribution is -0.305. The van der Waals surface area contributed by atoms with E-state index in [0.717, 1.165) is 6.07 Å². The van der Waals surface area contributed by atoms with E-state index in [1.54, 1.807) is 13.8 Å². The molecule has 1 fully saturated rings. The molecule has 16 heteroatoms. The van der Waals surface area contributed by atoms with E-state index in [-0.39, 0.29) is 28.9 Å². The molecule has 1 aliphatic heterocycles. The third-order valence-electron chi connectivity index (χ3n) is 5.81. The molecule has 1 aliphatic rings. The predicted molar refractivity (Wildman–Crippen MR) is 128 cm³/mol. The van der Waals surface area contributed by atoms with Gasteiger partial charge in [0.1, 0.15) is 24.0 Å². The monoisotopic (exact) mass is 574 g/mol. The molecule has 2 amide bonds. The molecule has 0 spiro atoms. The molecular formula is C24H25F3N2O11. The Morgan fingerprint density at radius 2 is 1.95 bits per heavy atom. The number of fused-ring (bicyclic) bond motifs is 1. The first kappa shape index (κ1) is 30.5. The summed E-state index contributed by atoms with van der Waals surface area (Å²) in [6, 6.07) is 2.39. The second-order valence-electron chi connectivity index (χ2n) is 8.95. The highest BCUT2D eigenvalue weighted by Crippen LogP contribution is 2.38. The number of aromatic hydroxyl groups is 1. The van der Waals surface area contributed by atoms with Gasteiger partial charge in [0.2, 0.25) is 6.29 Å². The lowest BCUT2D eigenvalue weighted by atomic mass is 9.89. The minimum absolute atomic E-state index is 0.0431. The highest BCUT2D eigenvalue weighted by atomic mass is 19.4. The molecule has 1 aromatic carbocycles. The summed E-state index contributed by atoms with van der Waals surface area (Å²) in [5.74, 6) is -1.37. The Bertz CT molecular complexity index is 1380. The molecule has 40 heavy (non-hydrogen) atoms. The lowest BCUT2D eigenvalue weighted by Gasteiger charge is -2.47. The van der Waals surface area contributed by atoms with Crippen molar-refractivity contribution in [3.05, 3.63) is 28.1 Å². The van der Waals surface area contributed by atoms with Gasteiger partial charge in [-0.05, 0) is 32.9 Å². The first-order valence-electron chi connectivity index (χ1n) is 11.4. The maximum Gasteiger partial charge on any atom is 0.471 e. The molecule has 0 radical (unpaired) electrons. The average Bonchev–Trinajstić information content (AvgIpc) is 2.86.